The highest BCUT2D eigenvalue weighted by atomic mass is 28.4. The number of carboxylic acids is 1. The van der Waals surface area contributed by atoms with Gasteiger partial charge in [0.25, 0.3) is 8.32 Å². The number of aliphatic carboxylic acids is 1. The quantitative estimate of drug-likeness (QED) is 0.818. The van der Waals surface area contributed by atoms with E-state index in [0.717, 1.165) is 0 Å². The van der Waals surface area contributed by atoms with Crippen molar-refractivity contribution in [2.24, 2.45) is 0 Å². The molecule has 0 saturated carbocycles. The summed E-state index contributed by atoms with van der Waals surface area (Å²) in [5.74, 6) is -0.833. The van der Waals surface area contributed by atoms with Crippen LogP contribution in [-0.4, -0.2) is 25.5 Å². The van der Waals surface area contributed by atoms with Crippen molar-refractivity contribution in [1.82, 2.24) is 0 Å². The molecule has 0 spiro atoms. The van der Waals surface area contributed by atoms with E-state index in [-0.39, 0.29) is 17.6 Å². The molecule has 0 fully saturated rings. The van der Waals surface area contributed by atoms with Gasteiger partial charge in [0.1, 0.15) is 0 Å². The van der Waals surface area contributed by atoms with Gasteiger partial charge in [0.2, 0.25) is 0 Å². The number of hydrogen-bond acceptors (Lipinski definition) is 2. The first kappa shape index (κ1) is 18.4. The van der Waals surface area contributed by atoms with Gasteiger partial charge in [0, 0.05) is 0 Å². The molecule has 0 aliphatic heterocycles. The lowest BCUT2D eigenvalue weighted by Crippen LogP contribution is -2.67. The Bertz CT molecular complexity index is 623. The maximum Gasteiger partial charge on any atom is 0.305 e. The van der Waals surface area contributed by atoms with Gasteiger partial charge >= 0.3 is 5.97 Å². The molecule has 0 radical (unpaired) electrons. The second kappa shape index (κ2) is 7.32. The zero-order chi connectivity index (χ0) is 17.8. The predicted molar refractivity (Wildman–Crippen MR) is 100 cm³/mol. The first-order valence-electron chi connectivity index (χ1n) is 8.28. The minimum absolute atomic E-state index is 0.00446. The van der Waals surface area contributed by atoms with Gasteiger partial charge in [0.05, 0.1) is 12.5 Å². The molecule has 0 unspecified atom stereocenters. The van der Waals surface area contributed by atoms with Crippen LogP contribution >= 0.6 is 0 Å². The number of carboxylic acid groups (broad SMARTS) is 1. The first-order chi connectivity index (χ1) is 11.3. The van der Waals surface area contributed by atoms with Crippen LogP contribution in [-0.2, 0) is 9.22 Å². The summed E-state index contributed by atoms with van der Waals surface area (Å²) >= 11 is 0. The third-order valence-electron chi connectivity index (χ3n) is 4.26. The molecule has 0 heterocycles. The number of carbonyl (C=O) groups is 1. The van der Waals surface area contributed by atoms with Crippen LogP contribution in [0, 0.1) is 0 Å². The van der Waals surface area contributed by atoms with E-state index in [1.165, 1.54) is 10.4 Å². The smallest absolute Gasteiger partial charge is 0.305 e. The van der Waals surface area contributed by atoms with Gasteiger partial charge in [-0.25, -0.2) is 0 Å². The highest BCUT2D eigenvalue weighted by molar-refractivity contribution is 6.99. The molecule has 1 atom stereocenters. The summed E-state index contributed by atoms with van der Waals surface area (Å²) in [7, 11) is -2.64. The average Bonchev–Trinajstić information content (AvgIpc) is 2.52. The van der Waals surface area contributed by atoms with Crippen molar-refractivity contribution in [2.45, 2.75) is 45.3 Å². The maximum atomic E-state index is 11.2. The van der Waals surface area contributed by atoms with E-state index < -0.39 is 14.3 Å². The third-order valence-corrected chi connectivity index (χ3v) is 9.42. The van der Waals surface area contributed by atoms with Crippen LogP contribution in [0.4, 0.5) is 0 Å². The summed E-state index contributed by atoms with van der Waals surface area (Å²) in [4.78, 5) is 11.2. The molecule has 4 heteroatoms. The highest BCUT2D eigenvalue weighted by Crippen LogP contribution is 2.37. The molecule has 0 aliphatic carbocycles. The minimum atomic E-state index is -2.64. The summed E-state index contributed by atoms with van der Waals surface area (Å²) in [6.07, 6.45) is -0.348. The molecule has 2 rings (SSSR count). The number of benzene rings is 2. The lowest BCUT2D eigenvalue weighted by molar-refractivity contribution is -0.138. The molecule has 0 bridgehead atoms. The van der Waals surface area contributed by atoms with Crippen molar-refractivity contribution in [1.29, 1.82) is 0 Å². The Balaban J connectivity index is 2.64. The summed E-state index contributed by atoms with van der Waals surface area (Å²) in [6, 6.07) is 20.5. The molecule has 1 N–H and O–H groups in total. The van der Waals surface area contributed by atoms with E-state index >= 15 is 0 Å². The van der Waals surface area contributed by atoms with Gasteiger partial charge < -0.3 is 9.53 Å². The predicted octanol–water partition coefficient (Wildman–Crippen LogP) is 3.43. The topological polar surface area (TPSA) is 46.5 Å². The fraction of sp³-hybridized carbons (Fsp3) is 0.350. The Morgan fingerprint density at radius 1 is 1.00 bits per heavy atom. The van der Waals surface area contributed by atoms with Crippen LogP contribution in [0.25, 0.3) is 0 Å². The maximum absolute atomic E-state index is 11.2. The molecule has 3 nitrogen and oxygen atoms in total. The Hall–Kier alpha value is -1.91. The molecule has 0 aromatic heterocycles. The molecule has 24 heavy (non-hydrogen) atoms. The van der Waals surface area contributed by atoms with E-state index in [2.05, 4.69) is 45.0 Å². The molecule has 0 aliphatic rings. The number of hydrogen-bond donors (Lipinski definition) is 1. The van der Waals surface area contributed by atoms with Gasteiger partial charge in [-0.1, -0.05) is 81.4 Å². The fourth-order valence-corrected chi connectivity index (χ4v) is 7.98. The lowest BCUT2D eigenvalue weighted by atomic mass is 10.2. The van der Waals surface area contributed by atoms with Crippen LogP contribution in [0.15, 0.2) is 60.7 Å². The van der Waals surface area contributed by atoms with Gasteiger partial charge in [0.15, 0.2) is 0 Å². The monoisotopic (exact) mass is 342 g/mol. The van der Waals surface area contributed by atoms with Gasteiger partial charge in [-0.3, -0.25) is 4.79 Å². The molecule has 0 amide bonds. The molecular weight excluding hydrogens is 316 g/mol. The van der Waals surface area contributed by atoms with Crippen LogP contribution in [0.3, 0.4) is 0 Å². The van der Waals surface area contributed by atoms with Crippen LogP contribution in [0.5, 0.6) is 0 Å². The van der Waals surface area contributed by atoms with E-state index in [1.807, 2.05) is 43.3 Å². The third kappa shape index (κ3) is 3.76. The van der Waals surface area contributed by atoms with Gasteiger partial charge in [-0.2, -0.15) is 0 Å². The fourth-order valence-electron chi connectivity index (χ4n) is 3.28. The molecule has 2 aromatic rings. The Morgan fingerprint density at radius 3 is 1.75 bits per heavy atom. The van der Waals surface area contributed by atoms with Crippen molar-refractivity contribution in [2.75, 3.05) is 0 Å². The Kier molecular flexibility index (Phi) is 5.62. The first-order valence-corrected chi connectivity index (χ1v) is 10.2. The second-order valence-electron chi connectivity index (χ2n) is 7.19. The lowest BCUT2D eigenvalue weighted by Gasteiger charge is -2.44. The summed E-state index contributed by atoms with van der Waals surface area (Å²) < 4.78 is 6.64. The van der Waals surface area contributed by atoms with Crippen molar-refractivity contribution in [3.63, 3.8) is 0 Å². The van der Waals surface area contributed by atoms with Crippen LogP contribution in [0.1, 0.15) is 34.1 Å². The second-order valence-corrected chi connectivity index (χ2v) is 11.4. The molecule has 2 aromatic carbocycles. The molecule has 0 saturated heterocycles. The van der Waals surface area contributed by atoms with E-state index in [1.54, 1.807) is 0 Å². The normalized spacial score (nSPS) is 13.5. The highest BCUT2D eigenvalue weighted by Gasteiger charge is 2.51. The SMILES string of the molecule is C[C@@H](CC(=O)O)O[Si](c1ccccc1)(c1ccccc1)C(C)(C)C. The summed E-state index contributed by atoms with van der Waals surface area (Å²) in [5, 5.41) is 11.4. The number of rotatable bonds is 6. The summed E-state index contributed by atoms with van der Waals surface area (Å²) in [6.45, 7) is 8.42. The van der Waals surface area contributed by atoms with Gasteiger partial charge in [-0.05, 0) is 22.3 Å². The minimum Gasteiger partial charge on any atom is -0.481 e. The van der Waals surface area contributed by atoms with Gasteiger partial charge in [-0.15, -0.1) is 0 Å². The van der Waals surface area contributed by atoms with E-state index in [4.69, 9.17) is 9.53 Å². The Morgan fingerprint density at radius 2 is 1.42 bits per heavy atom. The zero-order valence-electron chi connectivity index (χ0n) is 14.8. The average molecular weight is 343 g/mol. The zero-order valence-corrected chi connectivity index (χ0v) is 15.8. The van der Waals surface area contributed by atoms with Crippen molar-refractivity contribution in [3.05, 3.63) is 60.7 Å². The molecular formula is C20H26O3Si. The summed E-state index contributed by atoms with van der Waals surface area (Å²) in [5.41, 5.74) is 0. The van der Waals surface area contributed by atoms with E-state index in [9.17, 15) is 4.79 Å². The van der Waals surface area contributed by atoms with Crippen molar-refractivity contribution in [3.8, 4) is 0 Å². The largest absolute Gasteiger partial charge is 0.481 e. The standard InChI is InChI=1S/C20H26O3Si/c1-16(15-19(21)22)23-24(20(2,3)4,17-11-7-5-8-12-17)18-13-9-6-10-14-18/h5-14,16H,15H2,1-4H3,(H,21,22)/t16-/m0/s1. The van der Waals surface area contributed by atoms with Crippen molar-refractivity contribution >= 4 is 24.7 Å². The Labute approximate surface area is 145 Å². The van der Waals surface area contributed by atoms with E-state index in [0.29, 0.717) is 0 Å². The van der Waals surface area contributed by atoms with Crippen molar-refractivity contribution < 1.29 is 14.3 Å². The molecule has 128 valence electrons. The van der Waals surface area contributed by atoms with Crippen LogP contribution < -0.4 is 10.4 Å². The van der Waals surface area contributed by atoms with Crippen LogP contribution in [0.2, 0.25) is 5.04 Å².